The first-order chi connectivity index (χ1) is 9.03. The Balaban J connectivity index is 2.03. The van der Waals surface area contributed by atoms with Gasteiger partial charge in [-0.1, -0.05) is 24.8 Å². The Kier molecular flexibility index (Phi) is 3.90. The molecule has 0 aliphatic carbocycles. The van der Waals surface area contributed by atoms with Crippen LogP contribution in [0, 0.1) is 0 Å². The van der Waals surface area contributed by atoms with Gasteiger partial charge in [0.2, 0.25) is 0 Å². The minimum atomic E-state index is -3.34. The van der Waals surface area contributed by atoms with Gasteiger partial charge >= 0.3 is 6.09 Å². The third kappa shape index (κ3) is 3.14. The molecular weight excluding hydrogens is 266 g/mol. The molecule has 0 saturated carbocycles. The van der Waals surface area contributed by atoms with E-state index in [9.17, 15) is 13.2 Å². The summed E-state index contributed by atoms with van der Waals surface area (Å²) in [5.74, 6) is -0.0460. The van der Waals surface area contributed by atoms with Gasteiger partial charge in [0.05, 0.1) is 16.7 Å². The highest BCUT2D eigenvalue weighted by atomic mass is 32.2. The maximum atomic E-state index is 12.1. The fourth-order valence-corrected chi connectivity index (χ4v) is 3.32. The fraction of sp³-hybridized carbons (Fsp3) is 0.308. The molecule has 6 heteroatoms. The number of rotatable bonds is 5. The summed E-state index contributed by atoms with van der Waals surface area (Å²) >= 11 is 0. The molecule has 19 heavy (non-hydrogen) atoms. The summed E-state index contributed by atoms with van der Waals surface area (Å²) in [7, 11) is -3.34. The van der Waals surface area contributed by atoms with E-state index in [2.05, 4.69) is 11.9 Å². The van der Waals surface area contributed by atoms with Crippen molar-refractivity contribution in [1.82, 2.24) is 5.32 Å². The summed E-state index contributed by atoms with van der Waals surface area (Å²) in [4.78, 5) is 11.4. The molecule has 1 fully saturated rings. The van der Waals surface area contributed by atoms with E-state index in [1.54, 1.807) is 30.3 Å². The Morgan fingerprint density at radius 2 is 2.00 bits per heavy atom. The molecule has 1 aliphatic rings. The average Bonchev–Trinajstić information content (AvgIpc) is 2.78. The van der Waals surface area contributed by atoms with Crippen LogP contribution in [-0.2, 0) is 14.6 Å². The van der Waals surface area contributed by atoms with Crippen molar-refractivity contribution in [3.05, 3.63) is 43.0 Å². The van der Waals surface area contributed by atoms with Crippen LogP contribution in [0.1, 0.15) is 6.42 Å². The van der Waals surface area contributed by atoms with Gasteiger partial charge in [-0.25, -0.2) is 13.2 Å². The van der Waals surface area contributed by atoms with Crippen LogP contribution in [-0.4, -0.2) is 32.4 Å². The highest BCUT2D eigenvalue weighted by Gasteiger charge is 2.32. The number of hydrogen-bond donors (Lipinski definition) is 1. The highest BCUT2D eigenvalue weighted by Crippen LogP contribution is 2.17. The van der Waals surface area contributed by atoms with Crippen LogP contribution in [0.4, 0.5) is 4.79 Å². The van der Waals surface area contributed by atoms with Gasteiger partial charge in [-0.15, -0.1) is 0 Å². The summed E-state index contributed by atoms with van der Waals surface area (Å²) in [5, 5.41) is 2.58. The van der Waals surface area contributed by atoms with Gasteiger partial charge in [-0.3, -0.25) is 0 Å². The van der Waals surface area contributed by atoms with Crippen molar-refractivity contribution >= 4 is 15.9 Å². The molecule has 1 heterocycles. The molecule has 5 nitrogen and oxygen atoms in total. The number of benzene rings is 1. The third-order valence-electron chi connectivity index (χ3n) is 2.98. The highest BCUT2D eigenvalue weighted by molar-refractivity contribution is 7.91. The molecule has 1 aliphatic heterocycles. The van der Waals surface area contributed by atoms with Crippen LogP contribution >= 0.6 is 0 Å². The predicted octanol–water partition coefficient (Wildman–Crippen LogP) is 1.51. The van der Waals surface area contributed by atoms with Crippen LogP contribution in [0.5, 0.6) is 0 Å². The number of amides is 1. The lowest BCUT2D eigenvalue weighted by atomic mass is 10.1. The number of sulfone groups is 1. The van der Waals surface area contributed by atoms with Crippen molar-refractivity contribution in [3.63, 3.8) is 0 Å². The van der Waals surface area contributed by atoms with Crippen molar-refractivity contribution < 1.29 is 17.9 Å². The number of carbonyl (C=O) groups is 1. The van der Waals surface area contributed by atoms with Crippen molar-refractivity contribution in [2.45, 2.75) is 23.5 Å². The standard InChI is InChI=1S/C13H15NO4S/c1-2-12-11(14-13(15)18-12)8-9-19(16,17)10-6-4-3-5-7-10/h2-7,11-12H,1,8-9H2,(H,14,15)/t11-,12+/m1/s1. The van der Waals surface area contributed by atoms with Crippen molar-refractivity contribution in [2.75, 3.05) is 5.75 Å². The Bertz CT molecular complexity index is 568. The predicted molar refractivity (Wildman–Crippen MR) is 70.5 cm³/mol. The summed E-state index contributed by atoms with van der Waals surface area (Å²) in [6.07, 6.45) is 0.780. The van der Waals surface area contributed by atoms with Crippen molar-refractivity contribution in [1.29, 1.82) is 0 Å². The fourth-order valence-electron chi connectivity index (χ4n) is 1.95. The molecule has 1 amide bonds. The summed E-state index contributed by atoms with van der Waals surface area (Å²) < 4.78 is 29.1. The zero-order chi connectivity index (χ0) is 13.9. The second kappa shape index (κ2) is 5.44. The largest absolute Gasteiger partial charge is 0.440 e. The number of carbonyl (C=O) groups excluding carboxylic acids is 1. The van der Waals surface area contributed by atoms with Crippen molar-refractivity contribution in [3.8, 4) is 0 Å². The minimum absolute atomic E-state index is 0.0460. The lowest BCUT2D eigenvalue weighted by molar-refractivity contribution is 0.153. The van der Waals surface area contributed by atoms with Gasteiger partial charge < -0.3 is 10.1 Å². The number of ether oxygens (including phenoxy) is 1. The Labute approximate surface area is 112 Å². The van der Waals surface area contributed by atoms with E-state index in [0.29, 0.717) is 6.42 Å². The maximum absolute atomic E-state index is 12.1. The first-order valence-electron chi connectivity index (χ1n) is 5.90. The lowest BCUT2D eigenvalue weighted by Crippen LogP contribution is -2.32. The average molecular weight is 281 g/mol. The zero-order valence-electron chi connectivity index (χ0n) is 10.3. The molecule has 0 unspecified atom stereocenters. The van der Waals surface area contributed by atoms with E-state index in [-0.39, 0.29) is 16.7 Å². The molecule has 1 saturated heterocycles. The second-order valence-electron chi connectivity index (χ2n) is 4.28. The molecule has 0 radical (unpaired) electrons. The zero-order valence-corrected chi connectivity index (χ0v) is 11.1. The molecule has 2 atom stereocenters. The normalized spacial score (nSPS) is 22.6. The summed E-state index contributed by atoms with van der Waals surface area (Å²) in [6.45, 7) is 3.56. The SMILES string of the molecule is C=C[C@@H]1OC(=O)N[C@@H]1CCS(=O)(=O)c1ccccc1. The van der Waals surface area contributed by atoms with Gasteiger partial charge in [0.25, 0.3) is 0 Å². The molecule has 0 bridgehead atoms. The van der Waals surface area contributed by atoms with E-state index in [0.717, 1.165) is 0 Å². The molecule has 1 N–H and O–H groups in total. The molecule has 2 rings (SSSR count). The smallest absolute Gasteiger partial charge is 0.408 e. The number of nitrogens with one attached hydrogen (secondary N) is 1. The van der Waals surface area contributed by atoms with Crippen molar-refractivity contribution in [2.24, 2.45) is 0 Å². The van der Waals surface area contributed by atoms with E-state index < -0.39 is 22.0 Å². The molecular formula is C13H15NO4S. The third-order valence-corrected chi connectivity index (χ3v) is 4.74. The van der Waals surface area contributed by atoms with Gasteiger partial charge in [0.1, 0.15) is 6.10 Å². The van der Waals surface area contributed by atoms with Crippen LogP contribution in [0.15, 0.2) is 47.9 Å². The Hall–Kier alpha value is -1.82. The topological polar surface area (TPSA) is 72.5 Å². The first kappa shape index (κ1) is 13.6. The Morgan fingerprint density at radius 1 is 1.32 bits per heavy atom. The summed E-state index contributed by atoms with van der Waals surface area (Å²) in [6, 6.07) is 7.90. The van der Waals surface area contributed by atoms with Crippen LogP contribution < -0.4 is 5.32 Å². The van der Waals surface area contributed by atoms with Gasteiger partial charge in [-0.05, 0) is 24.6 Å². The van der Waals surface area contributed by atoms with Crippen LogP contribution in [0.2, 0.25) is 0 Å². The molecule has 0 spiro atoms. The number of hydrogen-bond acceptors (Lipinski definition) is 4. The van der Waals surface area contributed by atoms with E-state index in [4.69, 9.17) is 4.74 Å². The quantitative estimate of drug-likeness (QED) is 0.830. The van der Waals surface area contributed by atoms with E-state index in [1.165, 1.54) is 6.08 Å². The Morgan fingerprint density at radius 3 is 2.63 bits per heavy atom. The molecule has 0 aromatic heterocycles. The molecule has 1 aromatic rings. The summed E-state index contributed by atoms with van der Waals surface area (Å²) in [5.41, 5.74) is 0. The lowest BCUT2D eigenvalue weighted by Gasteiger charge is -2.13. The molecule has 102 valence electrons. The second-order valence-corrected chi connectivity index (χ2v) is 6.39. The van der Waals surface area contributed by atoms with E-state index >= 15 is 0 Å². The maximum Gasteiger partial charge on any atom is 0.408 e. The van der Waals surface area contributed by atoms with Crippen LogP contribution in [0.25, 0.3) is 0 Å². The number of cyclic esters (lactones) is 1. The monoisotopic (exact) mass is 281 g/mol. The van der Waals surface area contributed by atoms with E-state index in [1.807, 2.05) is 0 Å². The number of alkyl carbamates (subject to hydrolysis) is 1. The van der Waals surface area contributed by atoms with Gasteiger partial charge in [0.15, 0.2) is 9.84 Å². The van der Waals surface area contributed by atoms with Gasteiger partial charge in [-0.2, -0.15) is 0 Å². The molecule has 1 aromatic carbocycles. The van der Waals surface area contributed by atoms with Crippen LogP contribution in [0.3, 0.4) is 0 Å². The first-order valence-corrected chi connectivity index (χ1v) is 7.55. The van der Waals surface area contributed by atoms with Gasteiger partial charge in [0, 0.05) is 0 Å². The minimum Gasteiger partial charge on any atom is -0.440 e.